The van der Waals surface area contributed by atoms with E-state index >= 15 is 0 Å². The van der Waals surface area contributed by atoms with Crippen molar-refractivity contribution in [2.75, 3.05) is 0 Å². The van der Waals surface area contributed by atoms with E-state index < -0.39 is 0 Å². The molecule has 0 fully saturated rings. The number of hydrogen-bond acceptors (Lipinski definition) is 3. The van der Waals surface area contributed by atoms with Crippen LogP contribution in [0.15, 0.2) is 161 Å². The average Bonchev–Trinajstić information content (AvgIpc) is 3.88. The number of rotatable bonds is 3. The third-order valence-electron chi connectivity index (χ3n) is 10.1. The van der Waals surface area contributed by atoms with Crippen LogP contribution >= 0.6 is 22.7 Å². The predicted octanol–water partition coefficient (Wildman–Crippen LogP) is 14.5. The van der Waals surface area contributed by atoms with Crippen LogP contribution in [0.1, 0.15) is 0 Å². The monoisotopic (exact) mass is 658 g/mol. The van der Waals surface area contributed by atoms with Crippen molar-refractivity contribution in [1.82, 2.24) is 0 Å². The molecule has 0 aliphatic heterocycles. The fourth-order valence-corrected chi connectivity index (χ4v) is 9.93. The van der Waals surface area contributed by atoms with Gasteiger partial charge in [0, 0.05) is 41.2 Å². The highest BCUT2D eigenvalue weighted by Crippen LogP contribution is 2.51. The lowest BCUT2D eigenvalue weighted by atomic mass is 9.83. The molecule has 0 N–H and O–H groups in total. The fraction of sp³-hybridized carbons (Fsp3) is 0. The molecule has 0 amide bonds. The van der Waals surface area contributed by atoms with Crippen molar-refractivity contribution in [1.29, 1.82) is 0 Å². The quantitative estimate of drug-likeness (QED) is 0.172. The third-order valence-corrected chi connectivity index (χ3v) is 12.2. The number of fused-ring (bicyclic) bond motifs is 10. The zero-order valence-corrected chi connectivity index (χ0v) is 27.9. The minimum Gasteiger partial charge on any atom is -0.456 e. The van der Waals surface area contributed by atoms with Gasteiger partial charge in [0.15, 0.2) is 0 Å². The van der Waals surface area contributed by atoms with Crippen LogP contribution in [0.2, 0.25) is 0 Å². The van der Waals surface area contributed by atoms with Gasteiger partial charge in [-0.25, -0.2) is 0 Å². The summed E-state index contributed by atoms with van der Waals surface area (Å²) in [5.74, 6) is 0. The van der Waals surface area contributed by atoms with E-state index in [2.05, 4.69) is 157 Å². The molecule has 0 spiro atoms. The second kappa shape index (κ2) is 10.4. The van der Waals surface area contributed by atoms with Gasteiger partial charge in [0.2, 0.25) is 0 Å². The Labute approximate surface area is 289 Å². The van der Waals surface area contributed by atoms with E-state index in [9.17, 15) is 0 Å². The van der Waals surface area contributed by atoms with Gasteiger partial charge in [-0.15, -0.1) is 22.7 Å². The Morgan fingerprint density at radius 1 is 0.388 bits per heavy atom. The molecular weight excluding hydrogens is 633 g/mol. The standard InChI is InChI=1S/C46H26OS2/c1-2-9-27(10-3-1)28-17-19-29(20-18-28)44-39-26-43-30(21-22-48-43)23-35(39)36-25-41-37(31-11-4-6-15-40(31)47-41)24-38(36)45(44)34-14-8-13-33-32-12-5-7-16-42(32)49-46(33)34/h1-26H. The molecule has 0 aliphatic carbocycles. The molecule has 0 saturated carbocycles. The summed E-state index contributed by atoms with van der Waals surface area (Å²) in [6.07, 6.45) is 0. The Kier molecular flexibility index (Phi) is 5.77. The summed E-state index contributed by atoms with van der Waals surface area (Å²) in [5.41, 5.74) is 9.31. The second-order valence-electron chi connectivity index (χ2n) is 12.8. The summed E-state index contributed by atoms with van der Waals surface area (Å²) >= 11 is 3.70. The number of furan rings is 1. The van der Waals surface area contributed by atoms with Crippen molar-refractivity contribution in [3.63, 3.8) is 0 Å². The van der Waals surface area contributed by atoms with Gasteiger partial charge in [0.05, 0.1) is 0 Å². The van der Waals surface area contributed by atoms with E-state index in [1.165, 1.54) is 85.2 Å². The van der Waals surface area contributed by atoms with Gasteiger partial charge >= 0.3 is 0 Å². The van der Waals surface area contributed by atoms with E-state index in [1.807, 2.05) is 22.7 Å². The highest BCUT2D eigenvalue weighted by atomic mass is 32.1. The molecule has 0 saturated heterocycles. The maximum absolute atomic E-state index is 6.51. The maximum Gasteiger partial charge on any atom is 0.136 e. The van der Waals surface area contributed by atoms with E-state index in [0.29, 0.717) is 0 Å². The Hall–Kier alpha value is -5.74. The predicted molar refractivity (Wildman–Crippen MR) is 213 cm³/mol. The topological polar surface area (TPSA) is 13.1 Å². The van der Waals surface area contributed by atoms with Gasteiger partial charge in [-0.05, 0) is 103 Å². The highest BCUT2D eigenvalue weighted by molar-refractivity contribution is 7.26. The van der Waals surface area contributed by atoms with E-state index in [4.69, 9.17) is 4.42 Å². The number of hydrogen-bond donors (Lipinski definition) is 0. The molecule has 0 radical (unpaired) electrons. The minimum atomic E-state index is 0.919. The Morgan fingerprint density at radius 3 is 2.00 bits per heavy atom. The Bertz CT molecular complexity index is 3090. The second-order valence-corrected chi connectivity index (χ2v) is 14.8. The van der Waals surface area contributed by atoms with Gasteiger partial charge in [-0.1, -0.05) is 109 Å². The molecule has 0 aliphatic rings. The van der Waals surface area contributed by atoms with Crippen LogP contribution in [0.25, 0.3) is 107 Å². The van der Waals surface area contributed by atoms with Crippen LogP contribution in [0.3, 0.4) is 0 Å². The van der Waals surface area contributed by atoms with Crippen molar-refractivity contribution in [2.24, 2.45) is 0 Å². The van der Waals surface area contributed by atoms with Crippen molar-refractivity contribution in [3.8, 4) is 33.4 Å². The van der Waals surface area contributed by atoms with Crippen molar-refractivity contribution >= 4 is 96.4 Å². The first-order valence-corrected chi connectivity index (χ1v) is 18.3. The molecule has 3 heterocycles. The molecule has 0 unspecified atom stereocenters. The molecule has 3 heteroatoms. The maximum atomic E-state index is 6.51. The van der Waals surface area contributed by atoms with Gasteiger partial charge in [0.1, 0.15) is 11.2 Å². The van der Waals surface area contributed by atoms with E-state index in [1.54, 1.807) is 0 Å². The van der Waals surface area contributed by atoms with Crippen molar-refractivity contribution in [2.45, 2.75) is 0 Å². The molecule has 11 rings (SSSR count). The molecule has 8 aromatic carbocycles. The normalized spacial score (nSPS) is 12.1. The fourth-order valence-electron chi connectivity index (χ4n) is 7.89. The molecule has 1 nitrogen and oxygen atoms in total. The summed E-state index contributed by atoms with van der Waals surface area (Å²) in [6, 6.07) is 55.7. The molecule has 228 valence electrons. The van der Waals surface area contributed by atoms with Crippen LogP contribution in [0, 0.1) is 0 Å². The van der Waals surface area contributed by atoms with Crippen molar-refractivity contribution < 1.29 is 4.42 Å². The largest absolute Gasteiger partial charge is 0.456 e. The molecular formula is C46H26OS2. The van der Waals surface area contributed by atoms with Crippen LogP contribution in [-0.2, 0) is 0 Å². The van der Waals surface area contributed by atoms with Gasteiger partial charge < -0.3 is 4.42 Å². The smallest absolute Gasteiger partial charge is 0.136 e. The number of para-hydroxylation sites is 1. The van der Waals surface area contributed by atoms with Crippen LogP contribution < -0.4 is 0 Å². The molecule has 0 bridgehead atoms. The third kappa shape index (κ3) is 4.04. The lowest BCUT2D eigenvalue weighted by molar-refractivity contribution is 0.669. The van der Waals surface area contributed by atoms with Crippen LogP contribution in [-0.4, -0.2) is 0 Å². The van der Waals surface area contributed by atoms with Gasteiger partial charge in [0.25, 0.3) is 0 Å². The minimum absolute atomic E-state index is 0.919. The summed E-state index contributed by atoms with van der Waals surface area (Å²) in [7, 11) is 0. The van der Waals surface area contributed by atoms with Crippen LogP contribution in [0.5, 0.6) is 0 Å². The molecule has 11 aromatic rings. The zero-order valence-electron chi connectivity index (χ0n) is 26.2. The molecule has 49 heavy (non-hydrogen) atoms. The Balaban J connectivity index is 1.35. The number of thiophene rings is 2. The lowest BCUT2D eigenvalue weighted by Gasteiger charge is -2.20. The van der Waals surface area contributed by atoms with Gasteiger partial charge in [-0.3, -0.25) is 0 Å². The molecule has 0 atom stereocenters. The first kappa shape index (κ1) is 27.2. The average molecular weight is 659 g/mol. The summed E-state index contributed by atoms with van der Waals surface area (Å²) in [4.78, 5) is 0. The van der Waals surface area contributed by atoms with E-state index in [0.717, 1.165) is 21.9 Å². The Morgan fingerprint density at radius 2 is 1.10 bits per heavy atom. The zero-order chi connectivity index (χ0) is 32.1. The van der Waals surface area contributed by atoms with Crippen molar-refractivity contribution in [3.05, 3.63) is 157 Å². The summed E-state index contributed by atoms with van der Waals surface area (Å²) in [5, 5.41) is 13.4. The summed E-state index contributed by atoms with van der Waals surface area (Å²) < 4.78 is 10.4. The highest BCUT2D eigenvalue weighted by Gasteiger charge is 2.23. The van der Waals surface area contributed by atoms with Gasteiger partial charge in [-0.2, -0.15) is 0 Å². The first-order valence-electron chi connectivity index (χ1n) is 16.6. The van der Waals surface area contributed by atoms with Crippen LogP contribution in [0.4, 0.5) is 0 Å². The van der Waals surface area contributed by atoms with E-state index in [-0.39, 0.29) is 0 Å². The SMILES string of the molecule is c1ccc(-c2ccc(-c3c(-c4cccc5c4sc4ccccc45)c4cc5c(cc4c4cc6ccsc6cc34)oc3ccccc35)cc2)cc1. The lowest BCUT2D eigenvalue weighted by Crippen LogP contribution is -1.93. The number of benzene rings is 8. The summed E-state index contributed by atoms with van der Waals surface area (Å²) in [6.45, 7) is 0. The first-order chi connectivity index (χ1) is 24.3. The molecule has 3 aromatic heterocycles.